The van der Waals surface area contributed by atoms with E-state index in [0.29, 0.717) is 5.69 Å². The molecule has 2 aromatic carbocycles. The second-order valence-electron chi connectivity index (χ2n) is 9.40. The highest BCUT2D eigenvalue weighted by Gasteiger charge is 2.69. The van der Waals surface area contributed by atoms with Gasteiger partial charge in [-0.3, -0.25) is 19.3 Å². The van der Waals surface area contributed by atoms with Crippen molar-refractivity contribution in [2.45, 2.75) is 22.6 Å². The monoisotopic (exact) mass is 476 g/mol. The number of carbonyl (C=O) groups excluding carboxylic acids is 2. The maximum absolute atomic E-state index is 13.6. The molecule has 2 N–H and O–H groups in total. The number of imide groups is 1. The van der Waals surface area contributed by atoms with Gasteiger partial charge in [0.05, 0.1) is 22.5 Å². The van der Waals surface area contributed by atoms with E-state index in [0.717, 1.165) is 16.3 Å². The summed E-state index contributed by atoms with van der Waals surface area (Å²) in [7, 11) is 0. The fourth-order valence-corrected chi connectivity index (χ4v) is 9.80. The van der Waals surface area contributed by atoms with Crippen molar-refractivity contribution in [2.75, 3.05) is 4.90 Å². The van der Waals surface area contributed by atoms with Crippen LogP contribution in [0.5, 0.6) is 5.75 Å². The van der Waals surface area contributed by atoms with E-state index in [-0.39, 0.29) is 63.2 Å². The van der Waals surface area contributed by atoms with E-state index in [2.05, 4.69) is 17.1 Å². The first kappa shape index (κ1) is 19.6. The molecule has 3 aromatic rings. The molecule has 8 heteroatoms. The molecule has 2 aliphatic heterocycles. The first-order chi connectivity index (χ1) is 16.0. The van der Waals surface area contributed by atoms with Gasteiger partial charge >= 0.3 is 4.87 Å². The zero-order valence-electron chi connectivity index (χ0n) is 17.4. The van der Waals surface area contributed by atoms with E-state index in [4.69, 9.17) is 0 Å². The highest BCUT2D eigenvalue weighted by Crippen LogP contribution is 2.68. The number of nitrogens with zero attached hydrogens (tertiary/aromatic N) is 1. The molecule has 7 rings (SSSR count). The largest absolute Gasteiger partial charge is 0.508 e. The first-order valence-corrected chi connectivity index (χ1v) is 12.8. The second-order valence-corrected chi connectivity index (χ2v) is 11.6. The van der Waals surface area contributed by atoms with Gasteiger partial charge in [0.25, 0.3) is 0 Å². The number of phenolic OH excluding ortho intramolecular Hbond substituents is 1. The Kier molecular flexibility index (Phi) is 4.06. The minimum Gasteiger partial charge on any atom is -0.508 e. The average Bonchev–Trinajstić information content (AvgIpc) is 3.54. The summed E-state index contributed by atoms with van der Waals surface area (Å²) in [5, 5.41) is 10.8. The molecule has 33 heavy (non-hydrogen) atoms. The third kappa shape index (κ3) is 2.59. The van der Waals surface area contributed by atoms with Crippen LogP contribution in [-0.4, -0.2) is 27.2 Å². The van der Waals surface area contributed by atoms with E-state index in [1.807, 2.05) is 18.2 Å². The van der Waals surface area contributed by atoms with Gasteiger partial charge in [-0.2, -0.15) is 0 Å². The number of aromatic nitrogens is 1. The van der Waals surface area contributed by atoms with Crippen molar-refractivity contribution in [3.05, 3.63) is 74.7 Å². The number of rotatable bonds is 2. The molecule has 166 valence electrons. The van der Waals surface area contributed by atoms with Gasteiger partial charge in [-0.05, 0) is 54.0 Å². The molecule has 0 unspecified atom stereocenters. The highest BCUT2D eigenvalue weighted by atomic mass is 32.2. The summed E-state index contributed by atoms with van der Waals surface area (Å²) >= 11 is 2.98. The standard InChI is InChI=1S/C25H20N2O4S2/c28-13-8-6-12(7-9-13)27-23(29)18-14-10-15(19(18)24(27)30)20-17(14)16(11-4-2-1-3-5-11)21-22(32-20)26-25(31)33-21/h1-9,14-20,28H,10H2,(H,26,31)/t14-,15-,16-,17-,18+,19-,20-/m1/s1. The third-order valence-electron chi connectivity index (χ3n) is 7.99. The Hall–Kier alpha value is -2.84. The number of nitrogens with one attached hydrogen (secondary N) is 1. The lowest BCUT2D eigenvalue weighted by molar-refractivity contribution is -0.123. The van der Waals surface area contributed by atoms with E-state index in [9.17, 15) is 19.5 Å². The molecule has 6 nitrogen and oxygen atoms in total. The van der Waals surface area contributed by atoms with Gasteiger partial charge < -0.3 is 10.1 Å². The van der Waals surface area contributed by atoms with Crippen molar-refractivity contribution in [2.24, 2.45) is 29.6 Å². The number of phenols is 1. The lowest BCUT2D eigenvalue weighted by atomic mass is 9.68. The summed E-state index contributed by atoms with van der Waals surface area (Å²) in [4.78, 5) is 44.8. The van der Waals surface area contributed by atoms with Crippen LogP contribution in [0.4, 0.5) is 5.69 Å². The van der Waals surface area contributed by atoms with E-state index >= 15 is 0 Å². The number of benzene rings is 2. The minimum absolute atomic E-state index is 0.0494. The van der Waals surface area contributed by atoms with Crippen molar-refractivity contribution >= 4 is 40.6 Å². The Labute approximate surface area is 197 Å². The van der Waals surface area contributed by atoms with Crippen LogP contribution in [0.3, 0.4) is 0 Å². The van der Waals surface area contributed by atoms with Crippen LogP contribution < -0.4 is 9.77 Å². The molecule has 1 aromatic heterocycles. The average molecular weight is 477 g/mol. The fraction of sp³-hybridized carbons (Fsp3) is 0.320. The molecular formula is C25H20N2O4S2. The fourth-order valence-electron chi connectivity index (χ4n) is 6.91. The van der Waals surface area contributed by atoms with Crippen LogP contribution in [0.25, 0.3) is 0 Å². The summed E-state index contributed by atoms with van der Waals surface area (Å²) < 4.78 is 0. The summed E-state index contributed by atoms with van der Waals surface area (Å²) in [6.07, 6.45) is 0.876. The number of H-pyrrole nitrogens is 1. The zero-order valence-corrected chi connectivity index (χ0v) is 19.0. The summed E-state index contributed by atoms with van der Waals surface area (Å²) in [5.41, 5.74) is 1.69. The second kappa shape index (κ2) is 6.84. The molecule has 2 saturated carbocycles. The minimum atomic E-state index is -0.318. The predicted octanol–water partition coefficient (Wildman–Crippen LogP) is 3.82. The van der Waals surface area contributed by atoms with Gasteiger partial charge in [0.2, 0.25) is 11.8 Å². The van der Waals surface area contributed by atoms with Gasteiger partial charge in [-0.25, -0.2) is 0 Å². The summed E-state index contributed by atoms with van der Waals surface area (Å²) in [6, 6.07) is 16.5. The number of aromatic amines is 1. The van der Waals surface area contributed by atoms with Crippen molar-refractivity contribution < 1.29 is 14.7 Å². The molecule has 0 radical (unpaired) electrons. The number of amides is 2. The number of anilines is 1. The van der Waals surface area contributed by atoms with E-state index in [1.54, 1.807) is 23.9 Å². The van der Waals surface area contributed by atoms with Crippen LogP contribution in [0.1, 0.15) is 22.8 Å². The molecule has 3 fully saturated rings. The van der Waals surface area contributed by atoms with E-state index < -0.39 is 0 Å². The zero-order chi connectivity index (χ0) is 22.4. The Morgan fingerprint density at radius 1 is 0.909 bits per heavy atom. The number of fused-ring (bicyclic) bond motifs is 9. The van der Waals surface area contributed by atoms with Crippen LogP contribution in [0, 0.1) is 29.6 Å². The lowest BCUT2D eigenvalue weighted by Gasteiger charge is -2.43. The topological polar surface area (TPSA) is 90.5 Å². The molecule has 4 aliphatic rings. The Balaban J connectivity index is 1.33. The summed E-state index contributed by atoms with van der Waals surface area (Å²) in [6.45, 7) is 0. The molecule has 7 atom stereocenters. The van der Waals surface area contributed by atoms with Crippen molar-refractivity contribution in [1.29, 1.82) is 0 Å². The Morgan fingerprint density at radius 3 is 2.33 bits per heavy atom. The molecule has 2 bridgehead atoms. The maximum atomic E-state index is 13.6. The molecule has 3 heterocycles. The Bertz CT molecular complexity index is 1350. The molecule has 0 spiro atoms. The number of hydrogen-bond acceptors (Lipinski definition) is 6. The molecule has 2 aliphatic carbocycles. The van der Waals surface area contributed by atoms with Gasteiger partial charge in [0, 0.05) is 16.0 Å². The van der Waals surface area contributed by atoms with Crippen LogP contribution in [0.15, 0.2) is 64.4 Å². The highest BCUT2D eigenvalue weighted by molar-refractivity contribution is 8.00. The van der Waals surface area contributed by atoms with Crippen LogP contribution >= 0.6 is 23.1 Å². The number of thioether (sulfide) groups is 1. The van der Waals surface area contributed by atoms with Gasteiger partial charge in [-0.15, -0.1) is 11.8 Å². The van der Waals surface area contributed by atoms with Gasteiger partial charge in [0.1, 0.15) is 5.75 Å². The smallest absolute Gasteiger partial charge is 0.305 e. The summed E-state index contributed by atoms with van der Waals surface area (Å²) in [5.74, 6) is -0.295. The number of thiazole rings is 1. The molecule has 1 saturated heterocycles. The Morgan fingerprint density at radius 2 is 1.61 bits per heavy atom. The van der Waals surface area contributed by atoms with Crippen molar-refractivity contribution in [3.8, 4) is 5.75 Å². The normalized spacial score (nSPS) is 33.8. The van der Waals surface area contributed by atoms with Crippen molar-refractivity contribution in [3.63, 3.8) is 0 Å². The quantitative estimate of drug-likeness (QED) is 0.549. The van der Waals surface area contributed by atoms with Gasteiger partial charge in [0.15, 0.2) is 0 Å². The van der Waals surface area contributed by atoms with Crippen LogP contribution in [-0.2, 0) is 9.59 Å². The molecule has 2 amide bonds. The first-order valence-electron chi connectivity index (χ1n) is 11.1. The maximum Gasteiger partial charge on any atom is 0.305 e. The molecular weight excluding hydrogens is 456 g/mol. The predicted molar refractivity (Wildman–Crippen MR) is 126 cm³/mol. The van der Waals surface area contributed by atoms with Crippen molar-refractivity contribution in [1.82, 2.24) is 4.98 Å². The SMILES string of the molecule is O=C1[C@@H]2[C@H]3C[C@@H]([C@@H]2C(=O)N1c1ccc(O)cc1)[C@@H]1[C@@H](c2ccccc2)c2sc(=O)[nH]c2S[C@H]31. The lowest BCUT2D eigenvalue weighted by Crippen LogP contribution is -2.42. The number of carbonyl (C=O) groups is 2. The third-order valence-corrected chi connectivity index (χ3v) is 10.6. The van der Waals surface area contributed by atoms with Crippen LogP contribution in [0.2, 0.25) is 0 Å². The van der Waals surface area contributed by atoms with Gasteiger partial charge in [-0.1, -0.05) is 41.7 Å². The number of aromatic hydroxyl groups is 1. The van der Waals surface area contributed by atoms with E-state index in [1.165, 1.54) is 33.9 Å². The number of hydrogen-bond donors (Lipinski definition) is 2.